The third-order valence-corrected chi connectivity index (χ3v) is 6.92. The molecule has 2 aromatic rings. The zero-order valence-electron chi connectivity index (χ0n) is 15.2. The van der Waals surface area contributed by atoms with Crippen LogP contribution in [0.2, 0.25) is 0 Å². The second kappa shape index (κ2) is 7.04. The van der Waals surface area contributed by atoms with Crippen LogP contribution < -0.4 is 0 Å². The Morgan fingerprint density at radius 3 is 2.80 bits per heavy atom. The highest BCUT2D eigenvalue weighted by Gasteiger charge is 2.32. The number of hydrogen-bond donors (Lipinski definition) is 0. The van der Waals surface area contributed by atoms with Gasteiger partial charge < -0.3 is 4.90 Å². The average Bonchev–Trinajstić information content (AvgIpc) is 3.28. The molecule has 1 aliphatic heterocycles. The molecule has 4 rings (SSSR count). The Hall–Kier alpha value is -1.46. The van der Waals surface area contributed by atoms with E-state index in [1.54, 1.807) is 16.2 Å². The van der Waals surface area contributed by atoms with E-state index in [0.29, 0.717) is 5.92 Å². The Morgan fingerprint density at radius 2 is 2.04 bits per heavy atom. The van der Waals surface area contributed by atoms with Gasteiger partial charge in [-0.05, 0) is 49.8 Å². The van der Waals surface area contributed by atoms with Crippen molar-refractivity contribution in [3.8, 4) is 0 Å². The molecule has 1 unspecified atom stereocenters. The van der Waals surface area contributed by atoms with Crippen molar-refractivity contribution < 1.29 is 4.79 Å². The van der Waals surface area contributed by atoms with Gasteiger partial charge in [0, 0.05) is 38.3 Å². The molecule has 1 aliphatic carbocycles. The fourth-order valence-corrected chi connectivity index (χ4v) is 5.81. The summed E-state index contributed by atoms with van der Waals surface area (Å²) in [6, 6.07) is 4.91. The van der Waals surface area contributed by atoms with E-state index in [4.69, 9.17) is 0 Å². The summed E-state index contributed by atoms with van der Waals surface area (Å²) in [4.78, 5) is 23.6. The molecule has 2 fully saturated rings. The Morgan fingerprint density at radius 1 is 1.24 bits per heavy atom. The first-order valence-corrected chi connectivity index (χ1v) is 10.3. The highest BCUT2D eigenvalue weighted by Crippen LogP contribution is 2.40. The molecule has 5 heteroatoms. The maximum Gasteiger partial charge on any atom is 0.263 e. The zero-order valence-corrected chi connectivity index (χ0v) is 16.0. The molecule has 0 aromatic carbocycles. The van der Waals surface area contributed by atoms with E-state index in [1.165, 1.54) is 56.0 Å². The van der Waals surface area contributed by atoms with Crippen LogP contribution in [-0.2, 0) is 0 Å². The number of hydrogen-bond acceptors (Lipinski definition) is 4. The molecule has 0 spiro atoms. The first-order chi connectivity index (χ1) is 12.1. The molecule has 1 saturated heterocycles. The van der Waals surface area contributed by atoms with Crippen molar-refractivity contribution in [1.29, 1.82) is 0 Å². The van der Waals surface area contributed by atoms with Crippen molar-refractivity contribution in [2.45, 2.75) is 50.5 Å². The van der Waals surface area contributed by atoms with E-state index >= 15 is 0 Å². The molecule has 0 radical (unpaired) electrons. The number of carbonyl (C=O) groups is 1. The summed E-state index contributed by atoms with van der Waals surface area (Å²) in [7, 11) is 3.69. The minimum absolute atomic E-state index is 0.121. The number of nitrogens with zero attached hydrogens (tertiary/aromatic N) is 3. The summed E-state index contributed by atoms with van der Waals surface area (Å²) in [6.07, 6.45) is 9.69. The highest BCUT2D eigenvalue weighted by molar-refractivity contribution is 7.20. The van der Waals surface area contributed by atoms with E-state index in [9.17, 15) is 4.79 Å². The van der Waals surface area contributed by atoms with Crippen LogP contribution in [0.25, 0.3) is 10.2 Å². The predicted molar refractivity (Wildman–Crippen MR) is 103 cm³/mol. The molecule has 134 valence electrons. The highest BCUT2D eigenvalue weighted by atomic mass is 32.1. The molecule has 2 aliphatic rings. The van der Waals surface area contributed by atoms with Gasteiger partial charge in [0.2, 0.25) is 0 Å². The maximum atomic E-state index is 12.8. The molecule has 2 aromatic heterocycles. The molecule has 1 atom stereocenters. The van der Waals surface area contributed by atoms with Crippen molar-refractivity contribution in [2.24, 2.45) is 0 Å². The lowest BCUT2D eigenvalue weighted by molar-refractivity contribution is 0.0829. The van der Waals surface area contributed by atoms with E-state index in [2.05, 4.69) is 16.0 Å². The van der Waals surface area contributed by atoms with Gasteiger partial charge in [-0.1, -0.05) is 18.9 Å². The summed E-state index contributed by atoms with van der Waals surface area (Å²) < 4.78 is 0. The van der Waals surface area contributed by atoms with Crippen molar-refractivity contribution in [3.63, 3.8) is 0 Å². The van der Waals surface area contributed by atoms with Crippen LogP contribution in [0.5, 0.6) is 0 Å². The van der Waals surface area contributed by atoms with Crippen LogP contribution in [0, 0.1) is 0 Å². The first kappa shape index (κ1) is 17.0. The lowest BCUT2D eigenvalue weighted by Gasteiger charge is -2.37. The van der Waals surface area contributed by atoms with Gasteiger partial charge in [-0.3, -0.25) is 9.69 Å². The Kier molecular flexibility index (Phi) is 4.78. The largest absolute Gasteiger partial charge is 0.344 e. The van der Waals surface area contributed by atoms with Crippen molar-refractivity contribution >= 4 is 27.5 Å². The minimum Gasteiger partial charge on any atom is -0.344 e. The van der Waals surface area contributed by atoms with Gasteiger partial charge in [-0.25, -0.2) is 4.98 Å². The third kappa shape index (κ3) is 3.20. The number of carbonyl (C=O) groups excluding carboxylic acids is 1. The van der Waals surface area contributed by atoms with Crippen LogP contribution in [0.4, 0.5) is 0 Å². The van der Waals surface area contributed by atoms with Gasteiger partial charge in [0.25, 0.3) is 5.91 Å². The van der Waals surface area contributed by atoms with Crippen molar-refractivity contribution in [1.82, 2.24) is 14.8 Å². The SMILES string of the molecule is CN(C)C(=O)c1sc2ncccc2c1C1CCCN(C2CCCC2)C1. The number of thiophene rings is 1. The summed E-state index contributed by atoms with van der Waals surface area (Å²) in [6.45, 7) is 2.32. The van der Waals surface area contributed by atoms with Crippen molar-refractivity contribution in [2.75, 3.05) is 27.2 Å². The predicted octanol–water partition coefficient (Wildman–Crippen LogP) is 4.12. The number of piperidine rings is 1. The van der Waals surface area contributed by atoms with Crippen LogP contribution in [0.1, 0.15) is 59.7 Å². The standard InChI is InChI=1S/C20H27N3OS/c1-22(2)20(24)18-17(16-10-5-11-21-19(16)25-18)14-7-6-12-23(13-14)15-8-3-4-9-15/h5,10-11,14-15H,3-4,6-9,12-13H2,1-2H3. The third-order valence-electron chi connectivity index (χ3n) is 5.81. The Labute approximate surface area is 153 Å². The van der Waals surface area contributed by atoms with Crippen molar-refractivity contribution in [3.05, 3.63) is 28.8 Å². The van der Waals surface area contributed by atoms with Gasteiger partial charge in [-0.2, -0.15) is 0 Å². The second-order valence-electron chi connectivity index (χ2n) is 7.67. The molecule has 1 saturated carbocycles. The minimum atomic E-state index is 0.121. The lowest BCUT2D eigenvalue weighted by Crippen LogP contribution is -2.41. The smallest absolute Gasteiger partial charge is 0.263 e. The van der Waals surface area contributed by atoms with E-state index < -0.39 is 0 Å². The molecule has 25 heavy (non-hydrogen) atoms. The Bertz CT molecular complexity index is 763. The molecule has 0 bridgehead atoms. The second-order valence-corrected chi connectivity index (χ2v) is 8.67. The molecule has 1 amide bonds. The van der Waals surface area contributed by atoms with Gasteiger partial charge in [-0.15, -0.1) is 11.3 Å². The molecular formula is C20H27N3OS. The molecule has 4 nitrogen and oxygen atoms in total. The fraction of sp³-hybridized carbons (Fsp3) is 0.600. The molecular weight excluding hydrogens is 330 g/mol. The molecule has 0 N–H and O–H groups in total. The molecule has 3 heterocycles. The quantitative estimate of drug-likeness (QED) is 0.829. The maximum absolute atomic E-state index is 12.8. The Balaban J connectivity index is 1.71. The van der Waals surface area contributed by atoms with Gasteiger partial charge >= 0.3 is 0 Å². The number of fused-ring (bicyclic) bond motifs is 1. The normalized spacial score (nSPS) is 22.6. The van der Waals surface area contributed by atoms with E-state index in [0.717, 1.165) is 22.3 Å². The summed E-state index contributed by atoms with van der Waals surface area (Å²) in [5.74, 6) is 0.571. The van der Waals surface area contributed by atoms with Crippen LogP contribution in [0.15, 0.2) is 18.3 Å². The van der Waals surface area contributed by atoms with Crippen LogP contribution >= 0.6 is 11.3 Å². The zero-order chi connectivity index (χ0) is 17.4. The number of rotatable bonds is 3. The van der Waals surface area contributed by atoms with Gasteiger partial charge in [0.05, 0.1) is 4.88 Å². The summed E-state index contributed by atoms with van der Waals surface area (Å²) >= 11 is 1.57. The van der Waals surface area contributed by atoms with Gasteiger partial charge in [0.1, 0.15) is 4.83 Å². The van der Waals surface area contributed by atoms with E-state index in [1.807, 2.05) is 26.4 Å². The fourth-order valence-electron chi connectivity index (χ4n) is 4.56. The number of aromatic nitrogens is 1. The van der Waals surface area contributed by atoms with Crippen LogP contribution in [0.3, 0.4) is 0 Å². The lowest BCUT2D eigenvalue weighted by atomic mass is 9.88. The first-order valence-electron chi connectivity index (χ1n) is 9.48. The number of likely N-dealkylation sites (tertiary alicyclic amines) is 1. The monoisotopic (exact) mass is 357 g/mol. The van der Waals surface area contributed by atoms with E-state index in [-0.39, 0.29) is 5.91 Å². The van der Waals surface area contributed by atoms with Crippen LogP contribution in [-0.4, -0.2) is 53.9 Å². The topological polar surface area (TPSA) is 36.4 Å². The number of amides is 1. The summed E-state index contributed by atoms with van der Waals surface area (Å²) in [5, 5.41) is 1.19. The van der Waals surface area contributed by atoms with Gasteiger partial charge in [0.15, 0.2) is 0 Å². The summed E-state index contributed by atoms with van der Waals surface area (Å²) in [5.41, 5.74) is 1.26. The average molecular weight is 358 g/mol. The number of pyridine rings is 1.